The molecule has 0 bridgehead atoms. The maximum atomic E-state index is 9.69. The van der Waals surface area contributed by atoms with Gasteiger partial charge < -0.3 is 14.9 Å². The second-order valence-corrected chi connectivity index (χ2v) is 3.02. The minimum atomic E-state index is -1.08. The first kappa shape index (κ1) is 8.50. The zero-order valence-corrected chi connectivity index (χ0v) is 7.21. The summed E-state index contributed by atoms with van der Waals surface area (Å²) in [7, 11) is 1.59. The first-order chi connectivity index (χ1) is 6.20. The van der Waals surface area contributed by atoms with Gasteiger partial charge in [0, 0.05) is 5.56 Å². The fourth-order valence-electron chi connectivity index (χ4n) is 1.34. The summed E-state index contributed by atoms with van der Waals surface area (Å²) in [5, 5.41) is 19.0. The summed E-state index contributed by atoms with van der Waals surface area (Å²) in [5.74, 6) is 0.528. The second kappa shape index (κ2) is 2.99. The number of benzene rings is 1. The van der Waals surface area contributed by atoms with Gasteiger partial charge in [-0.1, -0.05) is 18.2 Å². The molecule has 0 aromatic heterocycles. The van der Waals surface area contributed by atoms with Crippen LogP contribution in [0, 0.1) is 0 Å². The van der Waals surface area contributed by atoms with E-state index in [1.54, 1.807) is 25.2 Å². The third kappa shape index (κ3) is 1.29. The number of aliphatic hydroxyl groups is 2. The first-order valence-electron chi connectivity index (χ1n) is 4.04. The Bertz CT molecular complexity index is 315. The number of hydrogen-bond donors (Lipinski definition) is 2. The van der Waals surface area contributed by atoms with Crippen LogP contribution in [0.5, 0.6) is 5.75 Å². The van der Waals surface area contributed by atoms with Crippen LogP contribution in [0.15, 0.2) is 24.3 Å². The van der Waals surface area contributed by atoms with Crippen LogP contribution in [-0.2, 0) is 0 Å². The highest BCUT2D eigenvalue weighted by molar-refractivity contribution is 5.36. The highest BCUT2D eigenvalue weighted by atomic mass is 16.6. The maximum Gasteiger partial charge on any atom is 0.261 e. The SMILES string of the molecule is CN1C(O)Oc2ccccc2C1O. The Morgan fingerprint density at radius 2 is 2.00 bits per heavy atom. The number of ether oxygens (including phenoxy) is 1. The highest BCUT2D eigenvalue weighted by Gasteiger charge is 2.29. The Morgan fingerprint density at radius 3 is 2.77 bits per heavy atom. The van der Waals surface area contributed by atoms with Crippen molar-refractivity contribution in [2.24, 2.45) is 0 Å². The van der Waals surface area contributed by atoms with E-state index in [2.05, 4.69) is 0 Å². The van der Waals surface area contributed by atoms with Crippen molar-refractivity contribution in [2.75, 3.05) is 7.05 Å². The van der Waals surface area contributed by atoms with Gasteiger partial charge in [0.15, 0.2) is 0 Å². The monoisotopic (exact) mass is 181 g/mol. The van der Waals surface area contributed by atoms with Gasteiger partial charge in [0.25, 0.3) is 6.41 Å². The van der Waals surface area contributed by atoms with Crippen LogP contribution in [0.4, 0.5) is 0 Å². The molecular weight excluding hydrogens is 170 g/mol. The van der Waals surface area contributed by atoms with Gasteiger partial charge in [-0.25, -0.2) is 4.90 Å². The zero-order chi connectivity index (χ0) is 9.42. The summed E-state index contributed by atoms with van der Waals surface area (Å²) < 4.78 is 5.14. The molecule has 0 spiro atoms. The number of fused-ring (bicyclic) bond motifs is 1. The van der Waals surface area contributed by atoms with E-state index in [0.29, 0.717) is 11.3 Å². The smallest absolute Gasteiger partial charge is 0.261 e. The number of para-hydroxylation sites is 1. The third-order valence-electron chi connectivity index (χ3n) is 2.16. The Hall–Kier alpha value is -1.10. The predicted molar refractivity (Wildman–Crippen MR) is 45.8 cm³/mol. The third-order valence-corrected chi connectivity index (χ3v) is 2.16. The molecule has 0 saturated carbocycles. The van der Waals surface area contributed by atoms with E-state index >= 15 is 0 Å². The summed E-state index contributed by atoms with van der Waals surface area (Å²) in [4.78, 5) is 1.34. The molecule has 0 fully saturated rings. The van der Waals surface area contributed by atoms with Crippen LogP contribution in [0.25, 0.3) is 0 Å². The largest absolute Gasteiger partial charge is 0.451 e. The number of rotatable bonds is 0. The fraction of sp³-hybridized carbons (Fsp3) is 0.333. The summed E-state index contributed by atoms with van der Waals surface area (Å²) >= 11 is 0. The Morgan fingerprint density at radius 1 is 1.31 bits per heavy atom. The quantitative estimate of drug-likeness (QED) is 0.603. The molecule has 4 nitrogen and oxygen atoms in total. The van der Waals surface area contributed by atoms with Gasteiger partial charge in [-0.2, -0.15) is 0 Å². The van der Waals surface area contributed by atoms with E-state index in [1.165, 1.54) is 4.90 Å². The molecule has 2 rings (SSSR count). The molecule has 1 aliphatic rings. The molecule has 0 saturated heterocycles. The van der Waals surface area contributed by atoms with E-state index in [1.807, 2.05) is 6.07 Å². The molecule has 2 atom stereocenters. The van der Waals surface area contributed by atoms with Crippen molar-refractivity contribution in [3.05, 3.63) is 29.8 Å². The molecule has 13 heavy (non-hydrogen) atoms. The molecule has 0 aliphatic carbocycles. The molecule has 1 aromatic carbocycles. The van der Waals surface area contributed by atoms with Crippen molar-refractivity contribution in [1.29, 1.82) is 0 Å². The van der Waals surface area contributed by atoms with Crippen molar-refractivity contribution in [3.63, 3.8) is 0 Å². The van der Waals surface area contributed by atoms with Crippen molar-refractivity contribution in [1.82, 2.24) is 4.90 Å². The number of hydrogen-bond acceptors (Lipinski definition) is 4. The van der Waals surface area contributed by atoms with Crippen molar-refractivity contribution in [2.45, 2.75) is 12.6 Å². The van der Waals surface area contributed by atoms with Crippen LogP contribution in [-0.4, -0.2) is 28.6 Å². The van der Waals surface area contributed by atoms with Crippen LogP contribution in [0.1, 0.15) is 11.8 Å². The van der Waals surface area contributed by atoms with Crippen LogP contribution in [0.3, 0.4) is 0 Å². The molecular formula is C9H11NO3. The van der Waals surface area contributed by atoms with Crippen LogP contribution >= 0.6 is 0 Å². The number of nitrogens with zero attached hydrogens (tertiary/aromatic N) is 1. The normalized spacial score (nSPS) is 27.9. The van der Waals surface area contributed by atoms with Crippen LogP contribution in [0.2, 0.25) is 0 Å². The van der Waals surface area contributed by atoms with Gasteiger partial charge in [-0.05, 0) is 13.1 Å². The van der Waals surface area contributed by atoms with Crippen molar-refractivity contribution >= 4 is 0 Å². The van der Waals surface area contributed by atoms with Crippen LogP contribution < -0.4 is 4.74 Å². The lowest BCUT2D eigenvalue weighted by Gasteiger charge is -2.34. The van der Waals surface area contributed by atoms with E-state index in [9.17, 15) is 10.2 Å². The second-order valence-electron chi connectivity index (χ2n) is 3.02. The van der Waals surface area contributed by atoms with E-state index in [4.69, 9.17) is 4.74 Å². The summed E-state index contributed by atoms with van der Waals surface area (Å²) in [5.41, 5.74) is 0.676. The van der Waals surface area contributed by atoms with Gasteiger partial charge in [0.1, 0.15) is 12.0 Å². The Labute approximate surface area is 76.0 Å². The lowest BCUT2D eigenvalue weighted by Crippen LogP contribution is -2.42. The fourth-order valence-corrected chi connectivity index (χ4v) is 1.34. The molecule has 0 amide bonds. The highest BCUT2D eigenvalue weighted by Crippen LogP contribution is 2.32. The lowest BCUT2D eigenvalue weighted by molar-refractivity contribution is -0.197. The summed E-state index contributed by atoms with van der Waals surface area (Å²) in [6.45, 7) is 0. The topological polar surface area (TPSA) is 52.9 Å². The van der Waals surface area contributed by atoms with Gasteiger partial charge >= 0.3 is 0 Å². The Balaban J connectivity index is 2.43. The van der Waals surface area contributed by atoms with E-state index < -0.39 is 12.6 Å². The molecule has 2 unspecified atom stereocenters. The minimum absolute atomic E-state index is 0.528. The molecule has 2 N–H and O–H groups in total. The zero-order valence-electron chi connectivity index (χ0n) is 7.21. The molecule has 70 valence electrons. The number of aliphatic hydroxyl groups excluding tert-OH is 2. The summed E-state index contributed by atoms with van der Waals surface area (Å²) in [6.07, 6.45) is -1.88. The van der Waals surface area contributed by atoms with E-state index in [-0.39, 0.29) is 0 Å². The van der Waals surface area contributed by atoms with Gasteiger partial charge in [0.05, 0.1) is 0 Å². The average Bonchev–Trinajstić information content (AvgIpc) is 2.15. The van der Waals surface area contributed by atoms with Gasteiger partial charge in [-0.15, -0.1) is 0 Å². The average molecular weight is 181 g/mol. The summed E-state index contributed by atoms with van der Waals surface area (Å²) in [6, 6.07) is 7.09. The molecule has 0 radical (unpaired) electrons. The molecule has 1 aromatic rings. The first-order valence-corrected chi connectivity index (χ1v) is 4.04. The molecule has 1 heterocycles. The Kier molecular flexibility index (Phi) is 1.95. The molecule has 1 aliphatic heterocycles. The lowest BCUT2D eigenvalue weighted by atomic mass is 10.1. The van der Waals surface area contributed by atoms with Gasteiger partial charge in [-0.3, -0.25) is 0 Å². The standard InChI is InChI=1S/C9H11NO3/c1-10-8(11)6-4-2-3-5-7(6)13-9(10)12/h2-5,8-9,11-12H,1H3. The minimum Gasteiger partial charge on any atom is -0.451 e. The van der Waals surface area contributed by atoms with Gasteiger partial charge in [0.2, 0.25) is 0 Å². The van der Waals surface area contributed by atoms with Crippen molar-refractivity contribution in [3.8, 4) is 5.75 Å². The maximum absolute atomic E-state index is 9.69. The van der Waals surface area contributed by atoms with E-state index in [0.717, 1.165) is 0 Å². The molecule has 4 heteroatoms. The predicted octanol–water partition coefficient (Wildman–Crippen LogP) is 0.278. The van der Waals surface area contributed by atoms with Crippen molar-refractivity contribution < 1.29 is 14.9 Å².